The van der Waals surface area contributed by atoms with Crippen molar-refractivity contribution in [1.29, 1.82) is 0 Å². The van der Waals surface area contributed by atoms with Crippen molar-refractivity contribution >= 4 is 11.8 Å². The fourth-order valence-corrected chi connectivity index (χ4v) is 3.43. The van der Waals surface area contributed by atoms with Crippen LogP contribution in [-0.4, -0.2) is 29.3 Å². The molecule has 0 aromatic heterocycles. The maximum Gasteiger partial charge on any atom is 0.236 e. The summed E-state index contributed by atoms with van der Waals surface area (Å²) in [6.07, 6.45) is 7.47. The fraction of sp³-hybridized carbons (Fsp3) is 0.857. The highest BCUT2D eigenvalue weighted by Gasteiger charge is 2.51. The lowest BCUT2D eigenvalue weighted by Gasteiger charge is -2.27. The lowest BCUT2D eigenvalue weighted by Crippen LogP contribution is -2.42. The molecule has 2 aliphatic rings. The van der Waals surface area contributed by atoms with E-state index in [1.165, 1.54) is 17.7 Å². The molecule has 0 aromatic rings. The summed E-state index contributed by atoms with van der Waals surface area (Å²) in [4.78, 5) is 26.3. The largest absolute Gasteiger partial charge is 0.330 e. The summed E-state index contributed by atoms with van der Waals surface area (Å²) < 4.78 is 0. The second-order valence-corrected chi connectivity index (χ2v) is 5.87. The predicted octanol–water partition coefficient (Wildman–Crippen LogP) is 1.82. The van der Waals surface area contributed by atoms with Gasteiger partial charge in [0.05, 0.1) is 5.41 Å². The highest BCUT2D eigenvalue weighted by Crippen LogP contribution is 2.45. The highest BCUT2D eigenvalue weighted by atomic mass is 16.2. The van der Waals surface area contributed by atoms with Gasteiger partial charge in [0.2, 0.25) is 11.8 Å². The molecular formula is C14H24N2O2. The fourth-order valence-electron chi connectivity index (χ4n) is 3.43. The van der Waals surface area contributed by atoms with Gasteiger partial charge in [-0.3, -0.25) is 14.5 Å². The van der Waals surface area contributed by atoms with Crippen LogP contribution in [-0.2, 0) is 9.59 Å². The summed E-state index contributed by atoms with van der Waals surface area (Å²) in [5.41, 5.74) is 5.17. The zero-order valence-corrected chi connectivity index (χ0v) is 11.3. The second-order valence-electron chi connectivity index (χ2n) is 5.87. The Kier molecular flexibility index (Phi) is 4.05. The van der Waals surface area contributed by atoms with Crippen molar-refractivity contribution in [3.63, 3.8) is 0 Å². The molecule has 2 N–H and O–H groups in total. The molecular weight excluding hydrogens is 228 g/mol. The van der Waals surface area contributed by atoms with Gasteiger partial charge < -0.3 is 5.73 Å². The molecule has 1 spiro atoms. The van der Waals surface area contributed by atoms with E-state index in [0.717, 1.165) is 25.7 Å². The number of carbonyl (C=O) groups is 2. The third-order valence-corrected chi connectivity index (χ3v) is 4.52. The van der Waals surface area contributed by atoms with Gasteiger partial charge in [0.1, 0.15) is 0 Å². The molecule has 0 bridgehead atoms. The van der Waals surface area contributed by atoms with Crippen molar-refractivity contribution in [1.82, 2.24) is 4.90 Å². The van der Waals surface area contributed by atoms with E-state index in [9.17, 15) is 9.59 Å². The van der Waals surface area contributed by atoms with Crippen LogP contribution in [0.25, 0.3) is 0 Å². The molecule has 0 radical (unpaired) electrons. The highest BCUT2D eigenvalue weighted by molar-refractivity contribution is 6.06. The van der Waals surface area contributed by atoms with Gasteiger partial charge in [-0.05, 0) is 32.7 Å². The van der Waals surface area contributed by atoms with Crippen molar-refractivity contribution in [3.8, 4) is 0 Å². The molecule has 1 atom stereocenters. The van der Waals surface area contributed by atoms with Crippen LogP contribution in [0.1, 0.15) is 58.3 Å². The molecule has 18 heavy (non-hydrogen) atoms. The van der Waals surface area contributed by atoms with Gasteiger partial charge in [0, 0.05) is 12.5 Å². The zero-order chi connectivity index (χ0) is 13.2. The summed E-state index contributed by atoms with van der Waals surface area (Å²) in [5, 5.41) is 0. The smallest absolute Gasteiger partial charge is 0.236 e. The molecule has 0 aromatic carbocycles. The zero-order valence-electron chi connectivity index (χ0n) is 11.3. The molecule has 1 heterocycles. The minimum absolute atomic E-state index is 0.0165. The van der Waals surface area contributed by atoms with Gasteiger partial charge in [0.25, 0.3) is 0 Å². The molecule has 1 aliphatic heterocycles. The Labute approximate surface area is 109 Å². The summed E-state index contributed by atoms with van der Waals surface area (Å²) in [6, 6.07) is -0.0439. The van der Waals surface area contributed by atoms with E-state index in [1.54, 1.807) is 0 Å². The van der Waals surface area contributed by atoms with Crippen LogP contribution in [0.15, 0.2) is 0 Å². The first kappa shape index (κ1) is 13.5. The minimum atomic E-state index is -0.365. The Balaban J connectivity index is 2.16. The van der Waals surface area contributed by atoms with Crippen LogP contribution in [0.2, 0.25) is 0 Å². The first-order valence-electron chi connectivity index (χ1n) is 7.17. The average molecular weight is 252 g/mol. The number of carbonyl (C=O) groups excluding carboxylic acids is 2. The molecule has 1 unspecified atom stereocenters. The van der Waals surface area contributed by atoms with E-state index in [1.807, 2.05) is 6.92 Å². The molecule has 2 fully saturated rings. The van der Waals surface area contributed by atoms with Gasteiger partial charge in [-0.2, -0.15) is 0 Å². The van der Waals surface area contributed by atoms with Gasteiger partial charge in [-0.15, -0.1) is 0 Å². The van der Waals surface area contributed by atoms with Crippen molar-refractivity contribution in [2.45, 2.75) is 64.3 Å². The SMILES string of the molecule is CC(CCN)N1C(=O)CC2(CCCCCC2)C1=O. The van der Waals surface area contributed by atoms with Gasteiger partial charge in [-0.1, -0.05) is 25.7 Å². The quantitative estimate of drug-likeness (QED) is 0.779. The Hall–Kier alpha value is -0.900. The number of rotatable bonds is 3. The Morgan fingerprint density at radius 1 is 1.22 bits per heavy atom. The molecule has 102 valence electrons. The van der Waals surface area contributed by atoms with Crippen LogP contribution in [0.4, 0.5) is 0 Å². The van der Waals surface area contributed by atoms with Crippen molar-refractivity contribution in [2.75, 3.05) is 6.54 Å². The molecule has 4 nitrogen and oxygen atoms in total. The summed E-state index contributed by atoms with van der Waals surface area (Å²) in [7, 11) is 0. The second kappa shape index (κ2) is 5.39. The lowest BCUT2D eigenvalue weighted by atomic mass is 9.79. The number of imide groups is 1. The van der Waals surface area contributed by atoms with Crippen LogP contribution in [0, 0.1) is 5.41 Å². The van der Waals surface area contributed by atoms with E-state index in [0.29, 0.717) is 19.4 Å². The predicted molar refractivity (Wildman–Crippen MR) is 69.7 cm³/mol. The molecule has 2 amide bonds. The van der Waals surface area contributed by atoms with Crippen LogP contribution in [0.5, 0.6) is 0 Å². The summed E-state index contributed by atoms with van der Waals surface area (Å²) in [6.45, 7) is 2.45. The lowest BCUT2D eigenvalue weighted by molar-refractivity contribution is -0.144. The van der Waals surface area contributed by atoms with Crippen molar-refractivity contribution < 1.29 is 9.59 Å². The van der Waals surface area contributed by atoms with E-state index in [2.05, 4.69) is 0 Å². The number of amides is 2. The summed E-state index contributed by atoms with van der Waals surface area (Å²) in [5.74, 6) is 0.0956. The maximum atomic E-state index is 12.6. The number of hydrogen-bond donors (Lipinski definition) is 1. The van der Waals surface area contributed by atoms with Gasteiger partial charge >= 0.3 is 0 Å². The Morgan fingerprint density at radius 2 is 1.83 bits per heavy atom. The van der Waals surface area contributed by atoms with E-state index >= 15 is 0 Å². The number of likely N-dealkylation sites (tertiary alicyclic amines) is 1. The van der Waals surface area contributed by atoms with E-state index < -0.39 is 0 Å². The number of hydrogen-bond acceptors (Lipinski definition) is 3. The molecule has 1 aliphatic carbocycles. The number of nitrogens with zero attached hydrogens (tertiary/aromatic N) is 1. The van der Waals surface area contributed by atoms with Crippen LogP contribution >= 0.6 is 0 Å². The minimum Gasteiger partial charge on any atom is -0.330 e. The number of nitrogens with two attached hydrogens (primary N) is 1. The van der Waals surface area contributed by atoms with Gasteiger partial charge in [0.15, 0.2) is 0 Å². The topological polar surface area (TPSA) is 63.4 Å². The average Bonchev–Trinajstić information content (AvgIpc) is 2.50. The Morgan fingerprint density at radius 3 is 2.39 bits per heavy atom. The maximum absolute atomic E-state index is 12.6. The third-order valence-electron chi connectivity index (χ3n) is 4.52. The molecule has 2 rings (SSSR count). The van der Waals surface area contributed by atoms with E-state index in [-0.39, 0.29) is 23.3 Å². The first-order chi connectivity index (χ1) is 8.60. The van der Waals surface area contributed by atoms with E-state index in [4.69, 9.17) is 5.73 Å². The standard InChI is InChI=1S/C14H24N2O2/c1-11(6-9-15)16-12(17)10-14(13(16)18)7-4-2-3-5-8-14/h11H,2-10,15H2,1H3. The normalized spacial score (nSPS) is 25.6. The molecule has 4 heteroatoms. The summed E-state index contributed by atoms with van der Waals surface area (Å²) >= 11 is 0. The van der Waals surface area contributed by atoms with Crippen molar-refractivity contribution in [3.05, 3.63) is 0 Å². The molecule has 1 saturated carbocycles. The third kappa shape index (κ3) is 2.30. The van der Waals surface area contributed by atoms with Crippen molar-refractivity contribution in [2.24, 2.45) is 11.1 Å². The van der Waals surface area contributed by atoms with Crippen LogP contribution in [0.3, 0.4) is 0 Å². The van der Waals surface area contributed by atoms with Crippen LogP contribution < -0.4 is 5.73 Å². The Bertz CT molecular complexity index is 333. The first-order valence-corrected chi connectivity index (χ1v) is 7.17. The molecule has 1 saturated heterocycles. The van der Waals surface area contributed by atoms with Gasteiger partial charge in [-0.25, -0.2) is 0 Å². The monoisotopic (exact) mass is 252 g/mol.